The Bertz CT molecular complexity index is 279. The Morgan fingerprint density at radius 1 is 1.64 bits per heavy atom. The minimum absolute atomic E-state index is 0.431. The first kappa shape index (κ1) is 11.5. The normalized spacial score (nSPS) is 12.8. The van der Waals surface area contributed by atoms with Crippen LogP contribution in [0, 0.1) is 0 Å². The van der Waals surface area contributed by atoms with E-state index in [1.54, 1.807) is 32.0 Å². The minimum atomic E-state index is -0.431. The van der Waals surface area contributed by atoms with Crippen molar-refractivity contribution in [3.05, 3.63) is 23.9 Å². The molecule has 0 saturated heterocycles. The molecular formula is C10H15NO2S. The Hall–Kier alpha value is -0.580. The lowest BCUT2D eigenvalue weighted by atomic mass is 10.2. The Kier molecular flexibility index (Phi) is 4.93. The predicted octanol–water partition coefficient (Wildman–Crippen LogP) is 1.87. The van der Waals surface area contributed by atoms with Gasteiger partial charge in [0.25, 0.3) is 0 Å². The number of pyridine rings is 1. The molecule has 0 fully saturated rings. The summed E-state index contributed by atoms with van der Waals surface area (Å²) in [5.41, 5.74) is 0.903. The summed E-state index contributed by atoms with van der Waals surface area (Å²) in [6.45, 7) is 2.46. The van der Waals surface area contributed by atoms with E-state index in [0.717, 1.165) is 16.3 Å². The van der Waals surface area contributed by atoms with Crippen molar-refractivity contribution in [2.75, 3.05) is 19.5 Å². The van der Waals surface area contributed by atoms with E-state index in [0.29, 0.717) is 6.61 Å². The van der Waals surface area contributed by atoms with Crippen LogP contribution in [0.1, 0.15) is 18.6 Å². The number of methoxy groups -OCH3 is 1. The quantitative estimate of drug-likeness (QED) is 0.599. The zero-order chi connectivity index (χ0) is 10.4. The van der Waals surface area contributed by atoms with Crippen LogP contribution in [-0.2, 0) is 4.74 Å². The van der Waals surface area contributed by atoms with Crippen LogP contribution in [0.5, 0.6) is 0 Å². The number of rotatable bonds is 5. The molecule has 0 aliphatic carbocycles. The molecule has 0 spiro atoms. The van der Waals surface area contributed by atoms with Crippen molar-refractivity contribution in [2.24, 2.45) is 0 Å². The second kappa shape index (κ2) is 6.01. The zero-order valence-corrected chi connectivity index (χ0v) is 9.25. The van der Waals surface area contributed by atoms with Crippen LogP contribution < -0.4 is 0 Å². The number of aliphatic hydroxyl groups is 1. The number of thioether (sulfide) groups is 1. The summed E-state index contributed by atoms with van der Waals surface area (Å²) in [6.07, 6.45) is 1.29. The summed E-state index contributed by atoms with van der Waals surface area (Å²) < 4.78 is 4.94. The number of hydrogen-bond donors (Lipinski definition) is 1. The molecule has 4 heteroatoms. The summed E-state index contributed by atoms with van der Waals surface area (Å²) in [4.78, 5) is 4.19. The highest BCUT2D eigenvalue weighted by atomic mass is 32.2. The van der Waals surface area contributed by atoms with E-state index in [4.69, 9.17) is 4.74 Å². The highest BCUT2D eigenvalue weighted by Crippen LogP contribution is 2.19. The highest BCUT2D eigenvalue weighted by molar-refractivity contribution is 7.99. The Balaban J connectivity index is 2.55. The van der Waals surface area contributed by atoms with E-state index in [-0.39, 0.29) is 0 Å². The van der Waals surface area contributed by atoms with E-state index < -0.39 is 6.10 Å². The maximum atomic E-state index is 9.36. The van der Waals surface area contributed by atoms with Gasteiger partial charge >= 0.3 is 0 Å². The second-order valence-corrected chi connectivity index (χ2v) is 4.06. The van der Waals surface area contributed by atoms with E-state index in [1.807, 2.05) is 12.1 Å². The molecule has 0 aliphatic heterocycles. The first-order chi connectivity index (χ1) is 6.74. The number of ether oxygens (including phenoxy) is 1. The van der Waals surface area contributed by atoms with Crippen LogP contribution in [0.15, 0.2) is 23.4 Å². The van der Waals surface area contributed by atoms with Gasteiger partial charge in [-0.3, -0.25) is 0 Å². The van der Waals surface area contributed by atoms with Crippen molar-refractivity contribution in [2.45, 2.75) is 18.1 Å². The summed E-state index contributed by atoms with van der Waals surface area (Å²) in [5.74, 6) is 0.882. The van der Waals surface area contributed by atoms with E-state index in [9.17, 15) is 5.11 Å². The molecule has 1 atom stereocenters. The van der Waals surface area contributed by atoms with Gasteiger partial charge in [0, 0.05) is 19.1 Å². The van der Waals surface area contributed by atoms with Gasteiger partial charge in [0.15, 0.2) is 0 Å². The van der Waals surface area contributed by atoms with Crippen LogP contribution in [0.25, 0.3) is 0 Å². The van der Waals surface area contributed by atoms with Crippen molar-refractivity contribution >= 4 is 11.8 Å². The van der Waals surface area contributed by atoms with Gasteiger partial charge in [0.2, 0.25) is 0 Å². The van der Waals surface area contributed by atoms with Crippen LogP contribution in [0.4, 0.5) is 0 Å². The van der Waals surface area contributed by atoms with Crippen molar-refractivity contribution in [1.82, 2.24) is 4.98 Å². The van der Waals surface area contributed by atoms with Crippen LogP contribution in [0.3, 0.4) is 0 Å². The molecule has 0 aromatic carbocycles. The van der Waals surface area contributed by atoms with Gasteiger partial charge in [-0.05, 0) is 24.6 Å². The van der Waals surface area contributed by atoms with Crippen LogP contribution in [-0.4, -0.2) is 29.6 Å². The average Bonchev–Trinajstić information content (AvgIpc) is 2.19. The molecule has 1 heterocycles. The molecule has 1 N–H and O–H groups in total. The standard InChI is InChI=1S/C10H15NO2S/c1-8(12)9-3-4-11-10(7-9)14-6-5-13-2/h3-4,7-8,12H,5-6H2,1-2H3/t8-/m0/s1. The fourth-order valence-corrected chi connectivity index (χ4v) is 1.81. The summed E-state index contributed by atoms with van der Waals surface area (Å²) in [7, 11) is 1.68. The van der Waals surface area contributed by atoms with E-state index in [1.165, 1.54) is 0 Å². The van der Waals surface area contributed by atoms with Crippen LogP contribution in [0.2, 0.25) is 0 Å². The lowest BCUT2D eigenvalue weighted by Crippen LogP contribution is -1.95. The number of nitrogens with zero attached hydrogens (tertiary/aromatic N) is 1. The summed E-state index contributed by atoms with van der Waals surface area (Å²) >= 11 is 1.63. The molecule has 1 rings (SSSR count). The minimum Gasteiger partial charge on any atom is -0.389 e. The van der Waals surface area contributed by atoms with Gasteiger partial charge in [-0.2, -0.15) is 0 Å². The van der Waals surface area contributed by atoms with Gasteiger partial charge < -0.3 is 9.84 Å². The fraction of sp³-hybridized carbons (Fsp3) is 0.500. The number of aromatic nitrogens is 1. The zero-order valence-electron chi connectivity index (χ0n) is 8.43. The van der Waals surface area contributed by atoms with Crippen LogP contribution >= 0.6 is 11.8 Å². The molecule has 0 saturated carbocycles. The average molecular weight is 213 g/mol. The number of aliphatic hydroxyl groups excluding tert-OH is 1. The molecule has 3 nitrogen and oxygen atoms in total. The monoisotopic (exact) mass is 213 g/mol. The summed E-state index contributed by atoms with van der Waals surface area (Å²) in [6, 6.07) is 3.73. The first-order valence-corrected chi connectivity index (χ1v) is 5.48. The van der Waals surface area contributed by atoms with E-state index >= 15 is 0 Å². The van der Waals surface area contributed by atoms with E-state index in [2.05, 4.69) is 4.98 Å². The Morgan fingerprint density at radius 2 is 2.43 bits per heavy atom. The first-order valence-electron chi connectivity index (χ1n) is 4.50. The molecule has 1 aromatic heterocycles. The molecule has 0 radical (unpaired) electrons. The van der Waals surface area contributed by atoms with Crippen molar-refractivity contribution < 1.29 is 9.84 Å². The molecular weight excluding hydrogens is 198 g/mol. The molecule has 0 unspecified atom stereocenters. The van der Waals surface area contributed by atoms with Gasteiger partial charge in [-0.15, -0.1) is 11.8 Å². The largest absolute Gasteiger partial charge is 0.389 e. The summed E-state index contributed by atoms with van der Waals surface area (Å²) in [5, 5.41) is 10.3. The predicted molar refractivity (Wildman–Crippen MR) is 57.5 cm³/mol. The topological polar surface area (TPSA) is 42.4 Å². The lowest BCUT2D eigenvalue weighted by Gasteiger charge is -2.05. The molecule has 14 heavy (non-hydrogen) atoms. The smallest absolute Gasteiger partial charge is 0.0964 e. The molecule has 0 bridgehead atoms. The molecule has 0 amide bonds. The van der Waals surface area contributed by atoms with Gasteiger partial charge in [-0.25, -0.2) is 4.98 Å². The van der Waals surface area contributed by atoms with Crippen molar-refractivity contribution in [3.8, 4) is 0 Å². The Morgan fingerprint density at radius 3 is 3.07 bits per heavy atom. The molecule has 0 aliphatic rings. The maximum absolute atomic E-state index is 9.36. The third-order valence-corrected chi connectivity index (χ3v) is 2.67. The van der Waals surface area contributed by atoms with Crippen molar-refractivity contribution in [1.29, 1.82) is 0 Å². The van der Waals surface area contributed by atoms with Gasteiger partial charge in [0.1, 0.15) is 0 Å². The fourth-order valence-electron chi connectivity index (χ4n) is 0.993. The molecule has 1 aromatic rings. The maximum Gasteiger partial charge on any atom is 0.0964 e. The third-order valence-electron chi connectivity index (χ3n) is 1.78. The SMILES string of the molecule is COCCSc1cc([C@H](C)O)ccn1. The lowest BCUT2D eigenvalue weighted by molar-refractivity contribution is 0.199. The van der Waals surface area contributed by atoms with Crippen molar-refractivity contribution in [3.63, 3.8) is 0 Å². The number of hydrogen-bond acceptors (Lipinski definition) is 4. The highest BCUT2D eigenvalue weighted by Gasteiger charge is 2.02. The third kappa shape index (κ3) is 3.65. The Labute approximate surface area is 88.5 Å². The van der Waals surface area contributed by atoms with Gasteiger partial charge in [-0.1, -0.05) is 0 Å². The van der Waals surface area contributed by atoms with Gasteiger partial charge in [0.05, 0.1) is 17.7 Å². The molecule has 78 valence electrons. The second-order valence-electron chi connectivity index (χ2n) is 2.94.